The molecule has 0 spiro atoms. The topological polar surface area (TPSA) is 105 Å². The first-order chi connectivity index (χ1) is 17.0. The Morgan fingerprint density at radius 3 is 2.25 bits per heavy atom. The van der Waals surface area contributed by atoms with Crippen LogP contribution in [-0.4, -0.2) is 47.5 Å². The fourth-order valence-electron chi connectivity index (χ4n) is 4.99. The molecule has 3 saturated carbocycles. The van der Waals surface area contributed by atoms with Gasteiger partial charge in [-0.2, -0.15) is 0 Å². The molecule has 192 valence electrons. The molecule has 0 saturated heterocycles. The van der Waals surface area contributed by atoms with E-state index in [1.807, 2.05) is 0 Å². The number of aliphatic hydroxyl groups is 1. The van der Waals surface area contributed by atoms with Crippen molar-refractivity contribution in [1.29, 1.82) is 0 Å². The third-order valence-electron chi connectivity index (χ3n) is 7.09. The first-order valence-electron chi connectivity index (χ1n) is 11.4. The molecule has 5 rings (SSSR count). The number of fused-ring (bicyclic) bond motifs is 3. The van der Waals surface area contributed by atoms with Crippen LogP contribution in [0.15, 0.2) is 36.4 Å². The molecular weight excluding hydrogens is 517 g/mol. The van der Waals surface area contributed by atoms with Crippen LogP contribution in [0.4, 0.5) is 8.78 Å². The van der Waals surface area contributed by atoms with Gasteiger partial charge in [-0.1, -0.05) is 23.2 Å². The van der Waals surface area contributed by atoms with Gasteiger partial charge in [0, 0.05) is 17.2 Å². The summed E-state index contributed by atoms with van der Waals surface area (Å²) in [6.45, 7) is -0.698. The van der Waals surface area contributed by atoms with Crippen LogP contribution in [-0.2, 0) is 9.59 Å². The first-order valence-corrected chi connectivity index (χ1v) is 12.1. The maximum absolute atomic E-state index is 13.6. The molecule has 2 amide bonds. The number of amides is 2. The van der Waals surface area contributed by atoms with Gasteiger partial charge in [-0.3, -0.25) is 14.4 Å². The smallest absolute Gasteiger partial charge is 0.258 e. The zero-order valence-electron chi connectivity index (χ0n) is 19.1. The summed E-state index contributed by atoms with van der Waals surface area (Å²) < 4.78 is 32.5. The molecule has 0 aliphatic heterocycles. The summed E-state index contributed by atoms with van der Waals surface area (Å²) in [7, 11) is 0. The van der Waals surface area contributed by atoms with E-state index in [0.717, 1.165) is 12.1 Å². The SMILES string of the molecule is O=C(COc1ccc(Cl)c(F)c1)NC12CCC(C(=O)NCC(=O)c3ccc(Cl)c(F)c3)(CC1)C(O)C2. The minimum atomic E-state index is -1.07. The predicted octanol–water partition coefficient (Wildman–Crippen LogP) is 3.83. The van der Waals surface area contributed by atoms with Crippen molar-refractivity contribution in [1.82, 2.24) is 10.6 Å². The number of halogens is 4. The van der Waals surface area contributed by atoms with Gasteiger partial charge < -0.3 is 20.5 Å². The van der Waals surface area contributed by atoms with Crippen LogP contribution in [0.5, 0.6) is 5.75 Å². The van der Waals surface area contributed by atoms with Crippen molar-refractivity contribution in [3.8, 4) is 5.75 Å². The second-order valence-electron chi connectivity index (χ2n) is 9.30. The number of Topliss-reactive ketones (excluding diaryl/α,β-unsaturated/α-hetero) is 1. The molecule has 11 heteroatoms. The Hall–Kier alpha value is -2.75. The molecule has 2 bridgehead atoms. The fraction of sp³-hybridized carbons (Fsp3) is 0.400. The molecule has 3 aliphatic carbocycles. The minimum Gasteiger partial charge on any atom is -0.484 e. The molecule has 0 aromatic heterocycles. The van der Waals surface area contributed by atoms with E-state index >= 15 is 0 Å². The Morgan fingerprint density at radius 1 is 1.00 bits per heavy atom. The van der Waals surface area contributed by atoms with E-state index in [4.69, 9.17) is 27.9 Å². The number of hydrogen-bond donors (Lipinski definition) is 3. The maximum atomic E-state index is 13.6. The second-order valence-corrected chi connectivity index (χ2v) is 10.1. The van der Waals surface area contributed by atoms with E-state index in [1.54, 1.807) is 0 Å². The number of nitrogens with one attached hydrogen (secondary N) is 2. The highest BCUT2D eigenvalue weighted by atomic mass is 35.5. The first kappa shape index (κ1) is 26.3. The molecule has 1 unspecified atom stereocenters. The van der Waals surface area contributed by atoms with E-state index in [1.165, 1.54) is 24.3 Å². The van der Waals surface area contributed by atoms with Crippen LogP contribution in [0.2, 0.25) is 10.0 Å². The highest BCUT2D eigenvalue weighted by Gasteiger charge is 2.58. The third kappa shape index (κ3) is 5.33. The molecule has 36 heavy (non-hydrogen) atoms. The van der Waals surface area contributed by atoms with Crippen LogP contribution < -0.4 is 15.4 Å². The van der Waals surface area contributed by atoms with Gasteiger partial charge in [0.1, 0.15) is 17.4 Å². The summed E-state index contributed by atoms with van der Waals surface area (Å²) in [6.07, 6.45) is 0.665. The lowest BCUT2D eigenvalue weighted by Gasteiger charge is -2.55. The second kappa shape index (κ2) is 10.3. The minimum absolute atomic E-state index is 0.0557. The lowest BCUT2D eigenvalue weighted by molar-refractivity contribution is -0.156. The maximum Gasteiger partial charge on any atom is 0.258 e. The van der Waals surface area contributed by atoms with Gasteiger partial charge in [0.15, 0.2) is 12.4 Å². The van der Waals surface area contributed by atoms with Crippen LogP contribution in [0.25, 0.3) is 0 Å². The Balaban J connectivity index is 1.31. The standard InChI is InChI=1S/C25H24Cl2F2N2O5/c26-16-3-1-14(9-18(16)28)20(32)12-30-23(35)25-7-5-24(6-8-25,11-21(25)33)31-22(34)13-36-15-2-4-17(27)19(29)10-15/h1-4,9-10,21,33H,5-8,11-13H2,(H,30,35)(H,31,34). The molecule has 0 radical (unpaired) electrons. The van der Waals surface area contributed by atoms with E-state index in [0.29, 0.717) is 25.7 Å². The van der Waals surface area contributed by atoms with Gasteiger partial charge in [-0.25, -0.2) is 8.78 Å². The highest BCUT2D eigenvalue weighted by Crippen LogP contribution is 2.52. The molecule has 3 N–H and O–H groups in total. The third-order valence-corrected chi connectivity index (χ3v) is 7.70. The molecule has 2 aromatic carbocycles. The molecule has 2 aromatic rings. The number of carbonyl (C=O) groups is 3. The lowest BCUT2D eigenvalue weighted by Crippen LogP contribution is -2.66. The number of ether oxygens (including phenoxy) is 1. The summed E-state index contributed by atoms with van der Waals surface area (Å²) in [5.74, 6) is -2.61. The fourth-order valence-corrected chi connectivity index (χ4v) is 5.22. The lowest BCUT2D eigenvalue weighted by atomic mass is 9.55. The molecular formula is C25H24Cl2F2N2O5. The normalized spacial score (nSPS) is 24.8. The average molecular weight is 541 g/mol. The van der Waals surface area contributed by atoms with Crippen molar-refractivity contribution in [3.05, 3.63) is 63.6 Å². The molecule has 3 aliphatic rings. The summed E-state index contributed by atoms with van der Waals surface area (Å²) >= 11 is 11.3. The van der Waals surface area contributed by atoms with Crippen molar-refractivity contribution >= 4 is 40.8 Å². The van der Waals surface area contributed by atoms with Gasteiger partial charge in [-0.15, -0.1) is 0 Å². The number of aliphatic hydroxyl groups excluding tert-OH is 1. The Morgan fingerprint density at radius 2 is 1.64 bits per heavy atom. The average Bonchev–Trinajstić information content (AvgIpc) is 2.85. The Bertz CT molecular complexity index is 1200. The van der Waals surface area contributed by atoms with Gasteiger partial charge in [0.25, 0.3) is 5.91 Å². The quantitative estimate of drug-likeness (QED) is 0.441. The van der Waals surface area contributed by atoms with Crippen molar-refractivity contribution in [2.75, 3.05) is 13.2 Å². The zero-order chi connectivity index (χ0) is 26.1. The van der Waals surface area contributed by atoms with Crippen molar-refractivity contribution in [2.24, 2.45) is 5.41 Å². The van der Waals surface area contributed by atoms with Gasteiger partial charge in [0.2, 0.25) is 5.91 Å². The number of carbonyl (C=O) groups excluding carboxylic acids is 3. The van der Waals surface area contributed by atoms with Crippen LogP contribution >= 0.6 is 23.2 Å². The van der Waals surface area contributed by atoms with Crippen LogP contribution in [0.1, 0.15) is 42.5 Å². The number of hydrogen-bond acceptors (Lipinski definition) is 5. The van der Waals surface area contributed by atoms with E-state index in [9.17, 15) is 28.3 Å². The molecule has 1 atom stereocenters. The molecule has 3 fully saturated rings. The number of rotatable bonds is 8. The monoisotopic (exact) mass is 540 g/mol. The van der Waals surface area contributed by atoms with E-state index in [-0.39, 0.29) is 40.9 Å². The highest BCUT2D eigenvalue weighted by molar-refractivity contribution is 6.31. The van der Waals surface area contributed by atoms with Gasteiger partial charge in [0.05, 0.1) is 28.1 Å². The van der Waals surface area contributed by atoms with Gasteiger partial charge >= 0.3 is 0 Å². The van der Waals surface area contributed by atoms with E-state index < -0.39 is 46.3 Å². The van der Waals surface area contributed by atoms with Crippen molar-refractivity contribution in [3.63, 3.8) is 0 Å². The summed E-state index contributed by atoms with van der Waals surface area (Å²) in [5.41, 5.74) is -1.69. The number of benzene rings is 2. The number of ketones is 1. The van der Waals surface area contributed by atoms with Gasteiger partial charge in [-0.05, 0) is 62.4 Å². The van der Waals surface area contributed by atoms with E-state index in [2.05, 4.69) is 10.6 Å². The van der Waals surface area contributed by atoms with Crippen LogP contribution in [0.3, 0.4) is 0 Å². The summed E-state index contributed by atoms with van der Waals surface area (Å²) in [5, 5.41) is 16.2. The summed E-state index contributed by atoms with van der Waals surface area (Å²) in [6, 6.07) is 7.51. The Kier molecular flexibility index (Phi) is 7.54. The zero-order valence-corrected chi connectivity index (χ0v) is 20.6. The largest absolute Gasteiger partial charge is 0.484 e. The Labute approximate surface area is 216 Å². The summed E-state index contributed by atoms with van der Waals surface area (Å²) in [4.78, 5) is 37.9. The molecule has 0 heterocycles. The van der Waals surface area contributed by atoms with Crippen molar-refractivity contribution in [2.45, 2.75) is 43.7 Å². The predicted molar refractivity (Wildman–Crippen MR) is 128 cm³/mol. The van der Waals surface area contributed by atoms with Crippen molar-refractivity contribution < 1.29 is 33.0 Å². The molecule has 7 nitrogen and oxygen atoms in total. The van der Waals surface area contributed by atoms with Crippen LogP contribution in [0, 0.1) is 17.0 Å².